The fourth-order valence-electron chi connectivity index (χ4n) is 3.06. The van der Waals surface area contributed by atoms with Crippen LogP contribution in [0.4, 0.5) is 4.79 Å². The van der Waals surface area contributed by atoms with Crippen LogP contribution in [0.25, 0.3) is 10.2 Å². The van der Waals surface area contributed by atoms with Gasteiger partial charge in [-0.3, -0.25) is 0 Å². The van der Waals surface area contributed by atoms with Crippen molar-refractivity contribution in [3.63, 3.8) is 0 Å². The third-order valence-corrected chi connectivity index (χ3v) is 5.50. The molecule has 1 aliphatic rings. The van der Waals surface area contributed by atoms with E-state index in [-0.39, 0.29) is 6.03 Å². The quantitative estimate of drug-likeness (QED) is 0.929. The van der Waals surface area contributed by atoms with Crippen molar-refractivity contribution in [1.29, 1.82) is 0 Å². The number of nitrogens with one attached hydrogen (secondary N) is 1. The molecule has 1 heterocycles. The maximum Gasteiger partial charge on any atom is 0.317 e. The molecular weight excluding hydrogens is 294 g/mol. The van der Waals surface area contributed by atoms with Crippen molar-refractivity contribution < 1.29 is 4.79 Å². The summed E-state index contributed by atoms with van der Waals surface area (Å²) in [4.78, 5) is 18.7. The zero-order valence-electron chi connectivity index (χ0n) is 13.2. The van der Waals surface area contributed by atoms with Crippen LogP contribution in [0.2, 0.25) is 0 Å². The molecule has 1 aromatic heterocycles. The van der Waals surface area contributed by atoms with E-state index < -0.39 is 0 Å². The van der Waals surface area contributed by atoms with Crippen LogP contribution in [-0.4, -0.2) is 29.0 Å². The first-order valence-corrected chi connectivity index (χ1v) is 8.81. The lowest BCUT2D eigenvalue weighted by Gasteiger charge is -2.31. The highest BCUT2D eigenvalue weighted by molar-refractivity contribution is 7.18. The average Bonchev–Trinajstić information content (AvgIpc) is 2.91. The van der Waals surface area contributed by atoms with Crippen LogP contribution >= 0.6 is 11.3 Å². The van der Waals surface area contributed by atoms with Gasteiger partial charge in [0.05, 0.1) is 16.8 Å². The van der Waals surface area contributed by atoms with Crippen molar-refractivity contribution in [2.75, 3.05) is 7.05 Å². The Kier molecular flexibility index (Phi) is 4.62. The van der Waals surface area contributed by atoms with Gasteiger partial charge in [-0.1, -0.05) is 31.9 Å². The number of rotatable bonds is 3. The lowest BCUT2D eigenvalue weighted by Crippen LogP contribution is -2.46. The van der Waals surface area contributed by atoms with Crippen LogP contribution in [-0.2, 0) is 6.54 Å². The molecule has 1 aromatic carbocycles. The summed E-state index contributed by atoms with van der Waals surface area (Å²) in [7, 11) is 1.84. The summed E-state index contributed by atoms with van der Waals surface area (Å²) in [6.07, 6.45) is 4.82. The summed E-state index contributed by atoms with van der Waals surface area (Å²) in [6, 6.07) is 8.43. The molecule has 5 heteroatoms. The van der Waals surface area contributed by atoms with E-state index in [1.807, 2.05) is 25.2 Å². The lowest BCUT2D eigenvalue weighted by atomic mass is 9.86. The van der Waals surface area contributed by atoms with Crippen molar-refractivity contribution in [1.82, 2.24) is 15.2 Å². The van der Waals surface area contributed by atoms with E-state index >= 15 is 0 Å². The normalized spacial score (nSPS) is 21.7. The molecule has 1 saturated carbocycles. The van der Waals surface area contributed by atoms with Crippen LogP contribution in [0.15, 0.2) is 24.3 Å². The van der Waals surface area contributed by atoms with Gasteiger partial charge in [-0.05, 0) is 30.9 Å². The Morgan fingerprint density at radius 1 is 1.36 bits per heavy atom. The average molecular weight is 317 g/mol. The number of urea groups is 1. The van der Waals surface area contributed by atoms with Crippen LogP contribution in [0.3, 0.4) is 0 Å². The second kappa shape index (κ2) is 6.65. The summed E-state index contributed by atoms with van der Waals surface area (Å²) in [5.41, 5.74) is 1.01. The Bertz CT molecular complexity index is 621. The molecule has 0 saturated heterocycles. The molecule has 2 unspecified atom stereocenters. The van der Waals surface area contributed by atoms with Crippen molar-refractivity contribution in [3.8, 4) is 0 Å². The molecule has 118 valence electrons. The maximum absolute atomic E-state index is 12.4. The van der Waals surface area contributed by atoms with Crippen LogP contribution in [0, 0.1) is 5.92 Å². The minimum atomic E-state index is 0.0120. The monoisotopic (exact) mass is 317 g/mol. The molecule has 1 N–H and O–H groups in total. The third-order valence-electron chi connectivity index (χ3n) is 4.48. The Balaban J connectivity index is 1.60. The van der Waals surface area contributed by atoms with E-state index in [4.69, 9.17) is 0 Å². The summed E-state index contributed by atoms with van der Waals surface area (Å²) in [5, 5.41) is 4.17. The van der Waals surface area contributed by atoms with Gasteiger partial charge in [0.25, 0.3) is 0 Å². The van der Waals surface area contributed by atoms with Crippen LogP contribution < -0.4 is 5.32 Å². The van der Waals surface area contributed by atoms with E-state index in [9.17, 15) is 4.79 Å². The predicted molar refractivity (Wildman–Crippen MR) is 91.0 cm³/mol. The second-order valence-electron chi connectivity index (χ2n) is 6.25. The van der Waals surface area contributed by atoms with Gasteiger partial charge >= 0.3 is 6.03 Å². The Hall–Kier alpha value is -1.62. The van der Waals surface area contributed by atoms with Gasteiger partial charge in [-0.15, -0.1) is 11.3 Å². The number of benzene rings is 1. The van der Waals surface area contributed by atoms with E-state index in [2.05, 4.69) is 23.3 Å². The molecule has 0 aliphatic heterocycles. The molecule has 22 heavy (non-hydrogen) atoms. The van der Waals surface area contributed by atoms with Gasteiger partial charge in [0, 0.05) is 13.1 Å². The van der Waals surface area contributed by atoms with Crippen molar-refractivity contribution >= 4 is 27.6 Å². The Morgan fingerprint density at radius 3 is 2.91 bits per heavy atom. The number of aromatic nitrogens is 1. The number of amides is 2. The van der Waals surface area contributed by atoms with E-state index in [1.165, 1.54) is 24.0 Å². The maximum atomic E-state index is 12.4. The number of carbonyl (C=O) groups is 1. The van der Waals surface area contributed by atoms with Crippen molar-refractivity contribution in [2.24, 2.45) is 5.92 Å². The van der Waals surface area contributed by atoms with Crippen molar-refractivity contribution in [3.05, 3.63) is 29.3 Å². The Labute approximate surface area is 135 Å². The highest BCUT2D eigenvalue weighted by Gasteiger charge is 2.24. The first kappa shape index (κ1) is 15.3. The molecule has 2 amide bonds. The first-order valence-electron chi connectivity index (χ1n) is 7.99. The smallest absolute Gasteiger partial charge is 0.317 e. The van der Waals surface area contributed by atoms with Crippen LogP contribution in [0.1, 0.15) is 37.6 Å². The molecular formula is C17H23N3OS. The van der Waals surface area contributed by atoms with Crippen LogP contribution in [0.5, 0.6) is 0 Å². The van der Waals surface area contributed by atoms with Gasteiger partial charge in [-0.25, -0.2) is 9.78 Å². The van der Waals surface area contributed by atoms with E-state index in [0.29, 0.717) is 18.5 Å². The van der Waals surface area contributed by atoms with Gasteiger partial charge in [0.15, 0.2) is 0 Å². The molecule has 0 spiro atoms. The molecule has 3 rings (SSSR count). The topological polar surface area (TPSA) is 45.2 Å². The fourth-order valence-corrected chi connectivity index (χ4v) is 4.08. The largest absolute Gasteiger partial charge is 0.335 e. The zero-order valence-corrected chi connectivity index (χ0v) is 14.0. The standard InChI is InChI=1S/C17H23N3OS/c1-12-7-3-4-8-13(12)19-17(21)20(2)11-16-18-14-9-5-6-10-15(14)22-16/h5-6,9-10,12-13H,3-4,7-8,11H2,1-2H3,(H,19,21). The minimum absolute atomic E-state index is 0.0120. The number of fused-ring (bicyclic) bond motifs is 1. The van der Waals surface area contributed by atoms with Crippen molar-refractivity contribution in [2.45, 2.75) is 45.2 Å². The third kappa shape index (κ3) is 3.40. The van der Waals surface area contributed by atoms with E-state index in [1.54, 1.807) is 16.2 Å². The molecule has 2 aromatic rings. The number of thiazole rings is 1. The number of nitrogens with zero attached hydrogens (tertiary/aromatic N) is 2. The lowest BCUT2D eigenvalue weighted by molar-refractivity contribution is 0.190. The molecule has 2 atom stereocenters. The molecule has 1 fully saturated rings. The summed E-state index contributed by atoms with van der Waals surface area (Å²) < 4.78 is 1.17. The minimum Gasteiger partial charge on any atom is -0.335 e. The van der Waals surface area contributed by atoms with E-state index in [0.717, 1.165) is 16.9 Å². The summed E-state index contributed by atoms with van der Waals surface area (Å²) in [6.45, 7) is 2.80. The molecule has 0 bridgehead atoms. The van der Waals surface area contributed by atoms with Gasteiger partial charge in [0.1, 0.15) is 5.01 Å². The number of hydrogen-bond donors (Lipinski definition) is 1. The second-order valence-corrected chi connectivity index (χ2v) is 7.36. The summed E-state index contributed by atoms with van der Waals surface area (Å²) in [5.74, 6) is 0.577. The molecule has 1 aliphatic carbocycles. The first-order chi connectivity index (χ1) is 10.6. The summed E-state index contributed by atoms with van der Waals surface area (Å²) >= 11 is 1.66. The highest BCUT2D eigenvalue weighted by atomic mass is 32.1. The predicted octanol–water partition coefficient (Wildman–Crippen LogP) is 4.02. The number of hydrogen-bond acceptors (Lipinski definition) is 3. The fraction of sp³-hybridized carbons (Fsp3) is 0.529. The number of carbonyl (C=O) groups excluding carboxylic acids is 1. The Morgan fingerprint density at radius 2 is 2.14 bits per heavy atom. The molecule has 4 nitrogen and oxygen atoms in total. The SMILES string of the molecule is CC1CCCCC1NC(=O)N(C)Cc1nc2ccccc2s1. The van der Waals surface area contributed by atoms with Gasteiger partial charge in [-0.2, -0.15) is 0 Å². The molecule has 0 radical (unpaired) electrons. The highest BCUT2D eigenvalue weighted by Crippen LogP contribution is 2.24. The number of para-hydroxylation sites is 1. The van der Waals surface area contributed by atoms with Gasteiger partial charge < -0.3 is 10.2 Å². The van der Waals surface area contributed by atoms with Gasteiger partial charge in [0.2, 0.25) is 0 Å². The zero-order chi connectivity index (χ0) is 15.5.